The zero-order valence-electron chi connectivity index (χ0n) is 16.9. The zero-order valence-corrected chi connectivity index (χ0v) is 18.6. The first-order valence-electron chi connectivity index (χ1n) is 9.16. The maximum Gasteiger partial charge on any atom is 0.268 e. The highest BCUT2D eigenvalue weighted by molar-refractivity contribution is 7.93. The molecule has 4 rings (SSSR count). The van der Waals surface area contributed by atoms with Crippen LogP contribution in [0.5, 0.6) is 11.5 Å². The van der Waals surface area contributed by atoms with Gasteiger partial charge in [-0.05, 0) is 25.1 Å². The molecule has 0 amide bonds. The van der Waals surface area contributed by atoms with Crippen LogP contribution < -0.4 is 14.2 Å². The van der Waals surface area contributed by atoms with Gasteiger partial charge >= 0.3 is 0 Å². The lowest BCUT2D eigenvalue weighted by Crippen LogP contribution is -2.14. The predicted molar refractivity (Wildman–Crippen MR) is 118 cm³/mol. The Hall–Kier alpha value is -3.37. The molecular formula is C21H19N3O5S2. The van der Waals surface area contributed by atoms with Gasteiger partial charge < -0.3 is 14.0 Å². The summed E-state index contributed by atoms with van der Waals surface area (Å²) in [7, 11) is -0.930. The normalized spacial score (nSPS) is 11.3. The number of thiophene rings is 1. The van der Waals surface area contributed by atoms with Crippen molar-refractivity contribution in [3.8, 4) is 33.7 Å². The van der Waals surface area contributed by atoms with Gasteiger partial charge in [0.05, 0.1) is 24.8 Å². The standard InChI is InChI=1S/C21H19N3O5S2/c1-13-19(31(25,26)24-16-11-15(27-2)9-10-17(16)28-3)12-18(30-13)21-22-20(23-29-21)14-7-5-4-6-8-14/h4-12,24H,1-3H3. The Bertz CT molecular complexity index is 1310. The lowest BCUT2D eigenvalue weighted by molar-refractivity contribution is 0.405. The summed E-state index contributed by atoms with van der Waals surface area (Å²) in [5.74, 6) is 1.57. The Morgan fingerprint density at radius 3 is 2.52 bits per heavy atom. The molecule has 2 heterocycles. The van der Waals surface area contributed by atoms with Crippen molar-refractivity contribution >= 4 is 27.0 Å². The summed E-state index contributed by atoms with van der Waals surface area (Å²) in [5.41, 5.74) is 1.09. The van der Waals surface area contributed by atoms with E-state index in [1.165, 1.54) is 31.6 Å². The summed E-state index contributed by atoms with van der Waals surface area (Å²) in [6, 6.07) is 15.8. The van der Waals surface area contributed by atoms with Gasteiger partial charge in [0.15, 0.2) is 0 Å². The topological polar surface area (TPSA) is 104 Å². The quantitative estimate of drug-likeness (QED) is 0.433. The van der Waals surface area contributed by atoms with Crippen molar-refractivity contribution in [1.82, 2.24) is 10.1 Å². The Kier molecular flexibility index (Phi) is 5.66. The molecule has 0 aliphatic rings. The van der Waals surface area contributed by atoms with Gasteiger partial charge in [-0.25, -0.2) is 8.42 Å². The highest BCUT2D eigenvalue weighted by atomic mass is 32.2. The number of anilines is 1. The van der Waals surface area contributed by atoms with E-state index in [1.807, 2.05) is 30.3 Å². The molecule has 0 fully saturated rings. The van der Waals surface area contributed by atoms with Gasteiger partial charge in [-0.2, -0.15) is 4.98 Å². The van der Waals surface area contributed by atoms with E-state index >= 15 is 0 Å². The average Bonchev–Trinajstić information content (AvgIpc) is 3.41. The molecule has 0 saturated heterocycles. The van der Waals surface area contributed by atoms with Crippen LogP contribution in [0.2, 0.25) is 0 Å². The fraction of sp³-hybridized carbons (Fsp3) is 0.143. The third kappa shape index (κ3) is 4.25. The van der Waals surface area contributed by atoms with Crippen LogP contribution in [0.1, 0.15) is 4.88 Å². The number of sulfonamides is 1. The van der Waals surface area contributed by atoms with Crippen LogP contribution in [-0.2, 0) is 10.0 Å². The average molecular weight is 458 g/mol. The van der Waals surface area contributed by atoms with Gasteiger partial charge in [0, 0.05) is 16.5 Å². The third-order valence-corrected chi connectivity index (χ3v) is 7.14. The Morgan fingerprint density at radius 2 is 1.81 bits per heavy atom. The second-order valence-corrected chi connectivity index (χ2v) is 9.40. The summed E-state index contributed by atoms with van der Waals surface area (Å²) < 4.78 is 44.6. The molecule has 0 saturated carbocycles. The van der Waals surface area contributed by atoms with E-state index < -0.39 is 10.0 Å². The number of methoxy groups -OCH3 is 2. The highest BCUT2D eigenvalue weighted by Gasteiger charge is 2.24. The van der Waals surface area contributed by atoms with Gasteiger partial charge in [-0.3, -0.25) is 4.72 Å². The monoisotopic (exact) mass is 457 g/mol. The fourth-order valence-electron chi connectivity index (χ4n) is 2.96. The number of aromatic nitrogens is 2. The number of ether oxygens (including phenoxy) is 2. The molecule has 0 spiro atoms. The van der Waals surface area contributed by atoms with Gasteiger partial charge in [0.25, 0.3) is 15.9 Å². The molecule has 31 heavy (non-hydrogen) atoms. The van der Waals surface area contributed by atoms with E-state index in [0.29, 0.717) is 27.1 Å². The third-order valence-electron chi connectivity index (χ3n) is 4.48. The molecule has 0 radical (unpaired) electrons. The van der Waals surface area contributed by atoms with Crippen molar-refractivity contribution in [2.24, 2.45) is 0 Å². The number of nitrogens with one attached hydrogen (secondary N) is 1. The fourth-order valence-corrected chi connectivity index (χ4v) is 5.53. The molecule has 2 aromatic heterocycles. The molecular weight excluding hydrogens is 438 g/mol. The summed E-state index contributed by atoms with van der Waals surface area (Å²) in [6.45, 7) is 1.72. The molecule has 8 nitrogen and oxygen atoms in total. The van der Waals surface area contributed by atoms with Crippen LogP contribution in [-0.4, -0.2) is 32.8 Å². The van der Waals surface area contributed by atoms with Gasteiger partial charge in [-0.15, -0.1) is 11.3 Å². The summed E-state index contributed by atoms with van der Waals surface area (Å²) in [4.78, 5) is 5.67. The lowest BCUT2D eigenvalue weighted by Gasteiger charge is -2.13. The minimum Gasteiger partial charge on any atom is -0.497 e. The largest absolute Gasteiger partial charge is 0.497 e. The molecule has 0 aliphatic carbocycles. The van der Waals surface area contributed by atoms with E-state index in [0.717, 1.165) is 5.56 Å². The van der Waals surface area contributed by atoms with Crippen LogP contribution in [0, 0.1) is 6.92 Å². The molecule has 0 unspecified atom stereocenters. The van der Waals surface area contributed by atoms with Crippen molar-refractivity contribution in [1.29, 1.82) is 0 Å². The number of hydrogen-bond acceptors (Lipinski definition) is 8. The minimum absolute atomic E-state index is 0.122. The molecule has 160 valence electrons. The van der Waals surface area contributed by atoms with Crippen molar-refractivity contribution in [3.63, 3.8) is 0 Å². The maximum atomic E-state index is 13.1. The number of nitrogens with zero attached hydrogens (tertiary/aromatic N) is 2. The lowest BCUT2D eigenvalue weighted by atomic mass is 10.2. The Labute approximate surface area is 183 Å². The van der Waals surface area contributed by atoms with E-state index in [4.69, 9.17) is 14.0 Å². The van der Waals surface area contributed by atoms with Crippen molar-refractivity contribution < 1.29 is 22.4 Å². The molecule has 0 atom stereocenters. The van der Waals surface area contributed by atoms with Gasteiger partial charge in [0.1, 0.15) is 16.4 Å². The summed E-state index contributed by atoms with van der Waals surface area (Å²) in [6.07, 6.45) is 0. The number of hydrogen-bond donors (Lipinski definition) is 1. The van der Waals surface area contributed by atoms with E-state index in [2.05, 4.69) is 14.9 Å². The molecule has 0 bridgehead atoms. The predicted octanol–water partition coefficient (Wildman–Crippen LogP) is 4.59. The summed E-state index contributed by atoms with van der Waals surface area (Å²) >= 11 is 1.26. The van der Waals surface area contributed by atoms with Crippen molar-refractivity contribution in [2.45, 2.75) is 11.8 Å². The van der Waals surface area contributed by atoms with Gasteiger partial charge in [0.2, 0.25) is 5.82 Å². The van der Waals surface area contributed by atoms with E-state index in [9.17, 15) is 8.42 Å². The first kappa shape index (κ1) is 20.9. The number of rotatable bonds is 7. The van der Waals surface area contributed by atoms with Gasteiger partial charge in [-0.1, -0.05) is 35.5 Å². The van der Waals surface area contributed by atoms with Crippen molar-refractivity contribution in [3.05, 3.63) is 59.5 Å². The summed E-state index contributed by atoms with van der Waals surface area (Å²) in [5, 5.41) is 4.00. The van der Waals surface area contributed by atoms with E-state index in [-0.39, 0.29) is 16.5 Å². The zero-order chi connectivity index (χ0) is 22.0. The second kappa shape index (κ2) is 8.40. The smallest absolute Gasteiger partial charge is 0.268 e. The molecule has 2 aromatic carbocycles. The number of aryl methyl sites for hydroxylation is 1. The molecule has 1 N–H and O–H groups in total. The molecule has 10 heteroatoms. The Morgan fingerprint density at radius 1 is 1.03 bits per heavy atom. The first-order valence-corrected chi connectivity index (χ1v) is 11.5. The second-order valence-electron chi connectivity index (χ2n) is 6.49. The van der Waals surface area contributed by atoms with Crippen LogP contribution in [0.15, 0.2) is 64.0 Å². The highest BCUT2D eigenvalue weighted by Crippen LogP contribution is 2.36. The van der Waals surface area contributed by atoms with Crippen LogP contribution >= 0.6 is 11.3 Å². The van der Waals surface area contributed by atoms with Crippen LogP contribution in [0.4, 0.5) is 5.69 Å². The van der Waals surface area contributed by atoms with Crippen LogP contribution in [0.25, 0.3) is 22.2 Å². The maximum absolute atomic E-state index is 13.1. The van der Waals surface area contributed by atoms with Crippen LogP contribution in [0.3, 0.4) is 0 Å². The molecule has 4 aromatic rings. The molecule has 0 aliphatic heterocycles. The minimum atomic E-state index is -3.90. The van der Waals surface area contributed by atoms with E-state index in [1.54, 1.807) is 25.1 Å². The SMILES string of the molecule is COc1ccc(OC)c(NS(=O)(=O)c2cc(-c3nc(-c4ccccc4)no3)sc2C)c1. The first-order chi connectivity index (χ1) is 14.9. The van der Waals surface area contributed by atoms with Crippen molar-refractivity contribution in [2.75, 3.05) is 18.9 Å². The Balaban J connectivity index is 1.65. The number of benzene rings is 2.